The second-order valence-corrected chi connectivity index (χ2v) is 5.00. The van der Waals surface area contributed by atoms with E-state index in [0.717, 1.165) is 36.7 Å². The molecule has 0 amide bonds. The summed E-state index contributed by atoms with van der Waals surface area (Å²) >= 11 is 0. The van der Waals surface area contributed by atoms with Gasteiger partial charge in [-0.25, -0.2) is 0 Å². The number of ether oxygens (including phenoxy) is 1. The van der Waals surface area contributed by atoms with Crippen molar-refractivity contribution in [1.82, 2.24) is 19.9 Å². The molecule has 0 aliphatic carbocycles. The highest BCUT2D eigenvalue weighted by atomic mass is 16.5. The van der Waals surface area contributed by atoms with Gasteiger partial charge in [-0.3, -0.25) is 19.9 Å². The van der Waals surface area contributed by atoms with Crippen LogP contribution in [0.25, 0.3) is 0 Å². The average Bonchev–Trinajstić information content (AvgIpc) is 2.49. The molecule has 20 heavy (non-hydrogen) atoms. The van der Waals surface area contributed by atoms with Crippen LogP contribution in [0.15, 0.2) is 36.8 Å². The van der Waals surface area contributed by atoms with Crippen LogP contribution in [0.5, 0.6) is 0 Å². The Kier molecular flexibility index (Phi) is 3.99. The van der Waals surface area contributed by atoms with E-state index in [1.807, 2.05) is 31.5 Å². The lowest BCUT2D eigenvalue weighted by Crippen LogP contribution is -2.38. The van der Waals surface area contributed by atoms with E-state index in [2.05, 4.69) is 25.9 Å². The molecule has 3 rings (SSSR count). The molecule has 1 aliphatic heterocycles. The van der Waals surface area contributed by atoms with Gasteiger partial charge in [0.15, 0.2) is 0 Å². The van der Waals surface area contributed by atoms with Crippen molar-refractivity contribution < 1.29 is 4.74 Å². The number of rotatable bonds is 3. The van der Waals surface area contributed by atoms with Crippen LogP contribution >= 0.6 is 0 Å². The van der Waals surface area contributed by atoms with Crippen LogP contribution in [0.3, 0.4) is 0 Å². The molecule has 0 radical (unpaired) electrons. The van der Waals surface area contributed by atoms with Crippen molar-refractivity contribution in [2.45, 2.75) is 19.6 Å². The predicted octanol–water partition coefficient (Wildman–Crippen LogP) is 1.75. The monoisotopic (exact) mass is 270 g/mol. The Hall–Kier alpha value is -1.85. The van der Waals surface area contributed by atoms with Crippen molar-refractivity contribution in [3.63, 3.8) is 0 Å². The van der Waals surface area contributed by atoms with Crippen LogP contribution < -0.4 is 0 Å². The van der Waals surface area contributed by atoms with E-state index in [0.29, 0.717) is 6.61 Å². The molecule has 1 fully saturated rings. The molecule has 0 N–H and O–H groups in total. The Labute approximate surface area is 118 Å². The molecule has 1 saturated heterocycles. The minimum Gasteiger partial charge on any atom is -0.369 e. The van der Waals surface area contributed by atoms with E-state index in [4.69, 9.17) is 4.74 Å². The SMILES string of the molecule is Cc1cnc([C@H]2CN(Cc3ccccn3)CCO2)cn1. The molecule has 3 heterocycles. The molecule has 2 aromatic rings. The van der Waals surface area contributed by atoms with Crippen LogP contribution in [0.4, 0.5) is 0 Å². The van der Waals surface area contributed by atoms with E-state index < -0.39 is 0 Å². The van der Waals surface area contributed by atoms with Crippen molar-refractivity contribution in [3.05, 3.63) is 53.9 Å². The summed E-state index contributed by atoms with van der Waals surface area (Å²) in [5.41, 5.74) is 2.92. The lowest BCUT2D eigenvalue weighted by atomic mass is 10.2. The van der Waals surface area contributed by atoms with Gasteiger partial charge in [0, 0.05) is 32.0 Å². The zero-order valence-electron chi connectivity index (χ0n) is 11.6. The first-order chi connectivity index (χ1) is 9.81. The van der Waals surface area contributed by atoms with Gasteiger partial charge in [-0.1, -0.05) is 6.07 Å². The molecular weight excluding hydrogens is 252 g/mol. The summed E-state index contributed by atoms with van der Waals surface area (Å²) in [7, 11) is 0. The number of nitrogens with zero attached hydrogens (tertiary/aromatic N) is 4. The molecule has 5 nitrogen and oxygen atoms in total. The van der Waals surface area contributed by atoms with Gasteiger partial charge in [0.2, 0.25) is 0 Å². The van der Waals surface area contributed by atoms with Gasteiger partial charge in [-0.2, -0.15) is 0 Å². The largest absolute Gasteiger partial charge is 0.369 e. The summed E-state index contributed by atoms with van der Waals surface area (Å²) in [5.74, 6) is 0. The van der Waals surface area contributed by atoms with Gasteiger partial charge >= 0.3 is 0 Å². The molecule has 0 spiro atoms. The van der Waals surface area contributed by atoms with Gasteiger partial charge in [0.1, 0.15) is 6.10 Å². The van der Waals surface area contributed by atoms with Crippen LogP contribution in [0.1, 0.15) is 23.2 Å². The maximum Gasteiger partial charge on any atom is 0.114 e. The van der Waals surface area contributed by atoms with E-state index in [1.54, 1.807) is 6.20 Å². The highest BCUT2D eigenvalue weighted by molar-refractivity contribution is 5.07. The van der Waals surface area contributed by atoms with Crippen molar-refractivity contribution in [1.29, 1.82) is 0 Å². The smallest absolute Gasteiger partial charge is 0.114 e. The first kappa shape index (κ1) is 13.1. The van der Waals surface area contributed by atoms with Crippen molar-refractivity contribution >= 4 is 0 Å². The predicted molar refractivity (Wildman–Crippen MR) is 75.0 cm³/mol. The molecule has 1 atom stereocenters. The molecule has 2 aromatic heterocycles. The lowest BCUT2D eigenvalue weighted by molar-refractivity contribution is -0.0355. The van der Waals surface area contributed by atoms with Crippen LogP contribution in [0, 0.1) is 6.92 Å². The van der Waals surface area contributed by atoms with E-state index in [-0.39, 0.29) is 6.10 Å². The highest BCUT2D eigenvalue weighted by Crippen LogP contribution is 2.20. The van der Waals surface area contributed by atoms with Crippen molar-refractivity contribution in [3.8, 4) is 0 Å². The van der Waals surface area contributed by atoms with Crippen molar-refractivity contribution in [2.24, 2.45) is 0 Å². The maximum absolute atomic E-state index is 5.81. The normalized spacial score (nSPS) is 19.9. The fourth-order valence-electron chi connectivity index (χ4n) is 2.31. The summed E-state index contributed by atoms with van der Waals surface area (Å²) < 4.78 is 5.81. The number of pyridine rings is 1. The van der Waals surface area contributed by atoms with Crippen LogP contribution in [-0.4, -0.2) is 39.5 Å². The summed E-state index contributed by atoms with van der Waals surface area (Å²) in [5, 5.41) is 0. The maximum atomic E-state index is 5.81. The van der Waals surface area contributed by atoms with E-state index in [1.165, 1.54) is 0 Å². The first-order valence-corrected chi connectivity index (χ1v) is 6.83. The molecule has 0 unspecified atom stereocenters. The Balaban J connectivity index is 1.66. The van der Waals surface area contributed by atoms with E-state index >= 15 is 0 Å². The Morgan fingerprint density at radius 2 is 2.20 bits per heavy atom. The van der Waals surface area contributed by atoms with Gasteiger partial charge in [-0.05, 0) is 19.1 Å². The minimum atomic E-state index is 0.000521. The molecule has 104 valence electrons. The number of morpholine rings is 1. The Morgan fingerprint density at radius 1 is 1.25 bits per heavy atom. The lowest BCUT2D eigenvalue weighted by Gasteiger charge is -2.32. The standard InChI is InChI=1S/C15H18N4O/c1-12-8-18-14(9-17-12)15-11-19(6-7-20-15)10-13-4-2-3-5-16-13/h2-5,8-9,15H,6-7,10-11H2,1H3/t15-/m1/s1. The fraction of sp³-hybridized carbons (Fsp3) is 0.400. The molecule has 1 aliphatic rings. The third-order valence-electron chi connectivity index (χ3n) is 3.39. The third kappa shape index (κ3) is 3.18. The van der Waals surface area contributed by atoms with Crippen LogP contribution in [0.2, 0.25) is 0 Å². The average molecular weight is 270 g/mol. The zero-order chi connectivity index (χ0) is 13.8. The molecule has 5 heteroatoms. The first-order valence-electron chi connectivity index (χ1n) is 6.83. The second kappa shape index (κ2) is 6.07. The summed E-state index contributed by atoms with van der Waals surface area (Å²) in [6.07, 6.45) is 5.43. The van der Waals surface area contributed by atoms with Crippen molar-refractivity contribution in [2.75, 3.05) is 19.7 Å². The third-order valence-corrected chi connectivity index (χ3v) is 3.39. The summed E-state index contributed by atoms with van der Waals surface area (Å²) in [6, 6.07) is 6.01. The number of aromatic nitrogens is 3. The van der Waals surface area contributed by atoms with Gasteiger partial charge in [-0.15, -0.1) is 0 Å². The summed E-state index contributed by atoms with van der Waals surface area (Å²) in [4.78, 5) is 15.4. The topological polar surface area (TPSA) is 51.1 Å². The fourth-order valence-corrected chi connectivity index (χ4v) is 2.31. The molecular formula is C15H18N4O. The van der Waals surface area contributed by atoms with Gasteiger partial charge in [0.25, 0.3) is 0 Å². The quantitative estimate of drug-likeness (QED) is 0.850. The van der Waals surface area contributed by atoms with Gasteiger partial charge in [0.05, 0.1) is 29.9 Å². The summed E-state index contributed by atoms with van der Waals surface area (Å²) in [6.45, 7) is 5.25. The molecule has 0 bridgehead atoms. The second-order valence-electron chi connectivity index (χ2n) is 5.00. The Bertz CT molecular complexity index is 544. The van der Waals surface area contributed by atoms with Gasteiger partial charge < -0.3 is 4.74 Å². The molecule has 0 saturated carbocycles. The van der Waals surface area contributed by atoms with E-state index in [9.17, 15) is 0 Å². The number of hydrogen-bond acceptors (Lipinski definition) is 5. The Morgan fingerprint density at radius 3 is 2.95 bits per heavy atom. The number of hydrogen-bond donors (Lipinski definition) is 0. The van der Waals surface area contributed by atoms with Crippen LogP contribution in [-0.2, 0) is 11.3 Å². The number of aryl methyl sites for hydroxylation is 1. The molecule has 0 aromatic carbocycles. The highest BCUT2D eigenvalue weighted by Gasteiger charge is 2.23. The zero-order valence-corrected chi connectivity index (χ0v) is 11.6. The minimum absolute atomic E-state index is 0.000521.